The Labute approximate surface area is 112 Å². The standard InChI is InChI=1S/C17H16N2/c1-12-6-7-15(18)11-14(12)10-13-8-9-19-17-5-3-2-4-16(13)17/h2-9,11H,10,18H2,1H3. The highest BCUT2D eigenvalue weighted by molar-refractivity contribution is 5.82. The smallest absolute Gasteiger partial charge is 0.0704 e. The zero-order chi connectivity index (χ0) is 13.2. The molecule has 0 fully saturated rings. The average Bonchev–Trinajstić information content (AvgIpc) is 2.43. The summed E-state index contributed by atoms with van der Waals surface area (Å²) >= 11 is 0. The Morgan fingerprint density at radius 2 is 1.84 bits per heavy atom. The summed E-state index contributed by atoms with van der Waals surface area (Å²) in [5, 5.41) is 1.21. The van der Waals surface area contributed by atoms with Gasteiger partial charge < -0.3 is 5.73 Å². The molecule has 94 valence electrons. The molecule has 0 aliphatic carbocycles. The summed E-state index contributed by atoms with van der Waals surface area (Å²) in [6.07, 6.45) is 2.76. The van der Waals surface area contributed by atoms with Crippen LogP contribution in [0.15, 0.2) is 54.7 Å². The highest BCUT2D eigenvalue weighted by atomic mass is 14.6. The van der Waals surface area contributed by atoms with Gasteiger partial charge in [-0.15, -0.1) is 0 Å². The first-order valence-electron chi connectivity index (χ1n) is 6.41. The predicted molar refractivity (Wildman–Crippen MR) is 80.1 cm³/mol. The molecule has 3 aromatic rings. The van der Waals surface area contributed by atoms with Crippen LogP contribution in [0.2, 0.25) is 0 Å². The van der Waals surface area contributed by atoms with Crippen molar-refractivity contribution in [1.29, 1.82) is 0 Å². The highest BCUT2D eigenvalue weighted by Crippen LogP contribution is 2.22. The van der Waals surface area contributed by atoms with E-state index in [2.05, 4.69) is 42.2 Å². The fraction of sp³-hybridized carbons (Fsp3) is 0.118. The summed E-state index contributed by atoms with van der Waals surface area (Å²) in [4.78, 5) is 4.40. The summed E-state index contributed by atoms with van der Waals surface area (Å²) in [5.41, 5.74) is 11.6. The molecule has 0 aliphatic rings. The van der Waals surface area contributed by atoms with E-state index in [0.717, 1.165) is 17.6 Å². The maximum atomic E-state index is 5.88. The largest absolute Gasteiger partial charge is 0.399 e. The number of benzene rings is 2. The second kappa shape index (κ2) is 4.73. The molecule has 0 saturated carbocycles. The van der Waals surface area contributed by atoms with Crippen LogP contribution >= 0.6 is 0 Å². The molecular formula is C17H16N2. The lowest BCUT2D eigenvalue weighted by molar-refractivity contribution is 1.16. The molecule has 0 saturated heterocycles. The van der Waals surface area contributed by atoms with Gasteiger partial charge in [-0.25, -0.2) is 0 Å². The van der Waals surface area contributed by atoms with Crippen molar-refractivity contribution in [1.82, 2.24) is 4.98 Å². The fourth-order valence-corrected chi connectivity index (χ4v) is 2.40. The second-order valence-electron chi connectivity index (χ2n) is 4.85. The Balaban J connectivity index is 2.08. The molecule has 0 aliphatic heterocycles. The maximum absolute atomic E-state index is 5.88. The van der Waals surface area contributed by atoms with E-state index < -0.39 is 0 Å². The number of nitrogens with two attached hydrogens (primary N) is 1. The molecule has 0 radical (unpaired) electrons. The number of pyridine rings is 1. The molecule has 3 rings (SSSR count). The molecule has 0 unspecified atom stereocenters. The van der Waals surface area contributed by atoms with E-state index in [9.17, 15) is 0 Å². The van der Waals surface area contributed by atoms with Crippen LogP contribution in [0.5, 0.6) is 0 Å². The van der Waals surface area contributed by atoms with Gasteiger partial charge in [0.15, 0.2) is 0 Å². The number of nitrogen functional groups attached to an aromatic ring is 1. The Morgan fingerprint density at radius 3 is 2.74 bits per heavy atom. The van der Waals surface area contributed by atoms with E-state index in [-0.39, 0.29) is 0 Å². The van der Waals surface area contributed by atoms with Gasteiger partial charge in [0.05, 0.1) is 5.52 Å². The first kappa shape index (κ1) is 11.7. The maximum Gasteiger partial charge on any atom is 0.0704 e. The Morgan fingerprint density at radius 1 is 1.00 bits per heavy atom. The van der Waals surface area contributed by atoms with Gasteiger partial charge in [0, 0.05) is 17.3 Å². The average molecular weight is 248 g/mol. The molecule has 0 bridgehead atoms. The number of rotatable bonds is 2. The van der Waals surface area contributed by atoms with Gasteiger partial charge in [-0.3, -0.25) is 4.98 Å². The van der Waals surface area contributed by atoms with E-state index in [1.165, 1.54) is 22.1 Å². The molecule has 1 heterocycles. The molecule has 0 amide bonds. The minimum Gasteiger partial charge on any atom is -0.399 e. The van der Waals surface area contributed by atoms with E-state index in [4.69, 9.17) is 5.73 Å². The van der Waals surface area contributed by atoms with E-state index in [0.29, 0.717) is 0 Å². The topological polar surface area (TPSA) is 38.9 Å². The summed E-state index contributed by atoms with van der Waals surface area (Å²) in [6.45, 7) is 2.12. The lowest BCUT2D eigenvalue weighted by atomic mass is 9.98. The number of nitrogens with zero attached hydrogens (tertiary/aromatic N) is 1. The molecule has 2 heteroatoms. The van der Waals surface area contributed by atoms with Gasteiger partial charge in [0.2, 0.25) is 0 Å². The second-order valence-corrected chi connectivity index (χ2v) is 4.85. The van der Waals surface area contributed by atoms with Crippen LogP contribution in [0.4, 0.5) is 5.69 Å². The summed E-state index contributed by atoms with van der Waals surface area (Å²) < 4.78 is 0. The Bertz CT molecular complexity index is 727. The van der Waals surface area contributed by atoms with Crippen molar-refractivity contribution in [2.45, 2.75) is 13.3 Å². The van der Waals surface area contributed by atoms with Crippen LogP contribution in [0.25, 0.3) is 10.9 Å². The van der Waals surface area contributed by atoms with Gasteiger partial charge in [-0.2, -0.15) is 0 Å². The zero-order valence-electron chi connectivity index (χ0n) is 10.9. The molecule has 19 heavy (non-hydrogen) atoms. The number of hydrogen-bond acceptors (Lipinski definition) is 2. The van der Waals surface area contributed by atoms with E-state index in [1.54, 1.807) is 0 Å². The molecule has 2 N–H and O–H groups in total. The fourth-order valence-electron chi connectivity index (χ4n) is 2.40. The van der Waals surface area contributed by atoms with Crippen LogP contribution in [-0.2, 0) is 6.42 Å². The molecule has 0 spiro atoms. The highest BCUT2D eigenvalue weighted by Gasteiger charge is 2.05. The number of aromatic nitrogens is 1. The third-order valence-corrected chi connectivity index (χ3v) is 3.49. The lowest BCUT2D eigenvalue weighted by Gasteiger charge is -2.09. The van der Waals surface area contributed by atoms with Crippen molar-refractivity contribution in [3.05, 3.63) is 71.4 Å². The SMILES string of the molecule is Cc1ccc(N)cc1Cc1ccnc2ccccc12. The Kier molecular flexibility index (Phi) is 2.92. The molecule has 2 nitrogen and oxygen atoms in total. The minimum absolute atomic E-state index is 0.818. The normalized spacial score (nSPS) is 10.8. The monoisotopic (exact) mass is 248 g/mol. The number of anilines is 1. The predicted octanol–water partition coefficient (Wildman–Crippen LogP) is 3.72. The zero-order valence-corrected chi connectivity index (χ0v) is 10.9. The van der Waals surface area contributed by atoms with Crippen molar-refractivity contribution in [2.24, 2.45) is 0 Å². The van der Waals surface area contributed by atoms with Crippen molar-refractivity contribution >= 4 is 16.6 Å². The van der Waals surface area contributed by atoms with Crippen molar-refractivity contribution in [3.8, 4) is 0 Å². The van der Waals surface area contributed by atoms with E-state index in [1.807, 2.05) is 24.4 Å². The van der Waals surface area contributed by atoms with Crippen molar-refractivity contribution in [2.75, 3.05) is 5.73 Å². The molecule has 1 aromatic heterocycles. The van der Waals surface area contributed by atoms with Crippen LogP contribution in [0, 0.1) is 6.92 Å². The number of hydrogen-bond donors (Lipinski definition) is 1. The minimum atomic E-state index is 0.818. The molecule has 2 aromatic carbocycles. The quantitative estimate of drug-likeness (QED) is 0.702. The van der Waals surface area contributed by atoms with Gasteiger partial charge >= 0.3 is 0 Å². The number of fused-ring (bicyclic) bond motifs is 1. The lowest BCUT2D eigenvalue weighted by Crippen LogP contribution is -1.96. The van der Waals surface area contributed by atoms with Crippen molar-refractivity contribution in [3.63, 3.8) is 0 Å². The molecular weight excluding hydrogens is 232 g/mol. The van der Waals surface area contributed by atoms with E-state index >= 15 is 0 Å². The number of aryl methyl sites for hydroxylation is 1. The van der Waals surface area contributed by atoms with Crippen LogP contribution in [0.3, 0.4) is 0 Å². The van der Waals surface area contributed by atoms with Gasteiger partial charge in [0.1, 0.15) is 0 Å². The third kappa shape index (κ3) is 2.29. The van der Waals surface area contributed by atoms with Gasteiger partial charge in [-0.05, 0) is 54.3 Å². The molecule has 0 atom stereocenters. The van der Waals surface area contributed by atoms with Crippen LogP contribution < -0.4 is 5.73 Å². The first-order chi connectivity index (χ1) is 9.24. The third-order valence-electron chi connectivity index (χ3n) is 3.49. The Hall–Kier alpha value is -2.35. The summed E-state index contributed by atoms with van der Waals surface area (Å²) in [6, 6.07) is 16.4. The van der Waals surface area contributed by atoms with Crippen molar-refractivity contribution < 1.29 is 0 Å². The van der Waals surface area contributed by atoms with Crippen LogP contribution in [0.1, 0.15) is 16.7 Å². The van der Waals surface area contributed by atoms with Crippen LogP contribution in [-0.4, -0.2) is 4.98 Å². The number of para-hydroxylation sites is 1. The summed E-state index contributed by atoms with van der Waals surface area (Å²) in [5.74, 6) is 0. The summed E-state index contributed by atoms with van der Waals surface area (Å²) in [7, 11) is 0. The first-order valence-corrected chi connectivity index (χ1v) is 6.41. The van der Waals surface area contributed by atoms with Gasteiger partial charge in [0.25, 0.3) is 0 Å². The van der Waals surface area contributed by atoms with Gasteiger partial charge in [-0.1, -0.05) is 24.3 Å².